The highest BCUT2D eigenvalue weighted by Gasteiger charge is 2.20. The van der Waals surface area contributed by atoms with Gasteiger partial charge in [0.2, 0.25) is 0 Å². The van der Waals surface area contributed by atoms with Gasteiger partial charge in [-0.25, -0.2) is 0 Å². The van der Waals surface area contributed by atoms with Crippen LogP contribution in [0.3, 0.4) is 0 Å². The first-order valence-corrected chi connectivity index (χ1v) is 11.6. The third-order valence-electron chi connectivity index (χ3n) is 5.80. The van der Waals surface area contributed by atoms with E-state index in [0.29, 0.717) is 5.56 Å². The van der Waals surface area contributed by atoms with Crippen LogP contribution in [-0.2, 0) is 6.42 Å². The van der Waals surface area contributed by atoms with Crippen LogP contribution in [0.1, 0.15) is 52.9 Å². The molecule has 0 unspecified atom stereocenters. The minimum absolute atomic E-state index is 0.0439. The molecule has 3 nitrogen and oxygen atoms in total. The smallest absolute Gasteiger partial charge is 0.251 e. The van der Waals surface area contributed by atoms with Crippen LogP contribution in [0.2, 0.25) is 0 Å². The number of benzene rings is 3. The molecule has 0 fully saturated rings. The van der Waals surface area contributed by atoms with Gasteiger partial charge in [-0.05, 0) is 68.5 Å². The van der Waals surface area contributed by atoms with E-state index in [1.807, 2.05) is 36.4 Å². The Bertz CT molecular complexity index is 1150. The highest BCUT2D eigenvalue weighted by molar-refractivity contribution is 7.99. The molecule has 0 bridgehead atoms. The van der Waals surface area contributed by atoms with Crippen LogP contribution in [0.15, 0.2) is 75.4 Å². The van der Waals surface area contributed by atoms with E-state index in [9.17, 15) is 4.79 Å². The van der Waals surface area contributed by atoms with Crippen molar-refractivity contribution in [1.82, 2.24) is 5.32 Å². The Morgan fingerprint density at radius 3 is 2.48 bits per heavy atom. The molecule has 3 aromatic rings. The first kappa shape index (κ1) is 21.4. The van der Waals surface area contributed by atoms with E-state index in [4.69, 9.17) is 4.99 Å². The average Bonchev–Trinajstić information content (AvgIpc) is 2.92. The number of carbonyl (C=O) groups is 1. The van der Waals surface area contributed by atoms with Crippen molar-refractivity contribution in [3.05, 3.63) is 88.5 Å². The van der Waals surface area contributed by atoms with Gasteiger partial charge in [0.15, 0.2) is 0 Å². The highest BCUT2D eigenvalue weighted by Crippen LogP contribution is 2.43. The number of rotatable bonds is 5. The number of aliphatic imine (C=N–C) groups is 1. The van der Waals surface area contributed by atoms with Crippen LogP contribution in [0.4, 0.5) is 5.69 Å². The Balaban J connectivity index is 1.59. The Morgan fingerprint density at radius 1 is 1.00 bits per heavy atom. The Morgan fingerprint density at radius 2 is 1.74 bits per heavy atom. The maximum Gasteiger partial charge on any atom is 0.251 e. The largest absolute Gasteiger partial charge is 0.349 e. The molecule has 0 saturated heterocycles. The second-order valence-electron chi connectivity index (χ2n) is 8.15. The summed E-state index contributed by atoms with van der Waals surface area (Å²) in [5.41, 5.74) is 7.43. The first-order valence-electron chi connectivity index (χ1n) is 10.8. The monoisotopic (exact) mass is 428 g/mol. The zero-order valence-corrected chi connectivity index (χ0v) is 19.3. The summed E-state index contributed by atoms with van der Waals surface area (Å²) in [5.74, 6) is -0.0439. The van der Waals surface area contributed by atoms with Gasteiger partial charge in [0.1, 0.15) is 0 Å². The summed E-state index contributed by atoms with van der Waals surface area (Å²) in [4.78, 5) is 20.3. The second kappa shape index (κ2) is 9.11. The number of amides is 1. The van der Waals surface area contributed by atoms with Gasteiger partial charge in [0.25, 0.3) is 5.91 Å². The van der Waals surface area contributed by atoms with E-state index < -0.39 is 0 Å². The van der Waals surface area contributed by atoms with Crippen molar-refractivity contribution in [3.63, 3.8) is 0 Å². The molecular weight excluding hydrogens is 400 g/mol. The molecule has 158 valence electrons. The van der Waals surface area contributed by atoms with Crippen molar-refractivity contribution in [3.8, 4) is 0 Å². The molecule has 0 saturated carbocycles. The van der Waals surface area contributed by atoms with Crippen molar-refractivity contribution in [1.29, 1.82) is 0 Å². The number of hydrogen-bond donors (Lipinski definition) is 1. The van der Waals surface area contributed by atoms with Crippen molar-refractivity contribution in [2.75, 3.05) is 0 Å². The molecule has 0 spiro atoms. The Hall–Kier alpha value is -2.85. The van der Waals surface area contributed by atoms with Gasteiger partial charge in [0, 0.05) is 32.7 Å². The van der Waals surface area contributed by atoms with Crippen molar-refractivity contribution in [2.24, 2.45) is 4.99 Å². The fourth-order valence-corrected chi connectivity index (χ4v) is 5.21. The van der Waals surface area contributed by atoms with Crippen LogP contribution in [0.5, 0.6) is 0 Å². The zero-order chi connectivity index (χ0) is 22.0. The number of nitrogens with zero attached hydrogens (tertiary/aromatic N) is 1. The molecule has 3 aromatic carbocycles. The molecule has 0 radical (unpaired) electrons. The third kappa shape index (κ3) is 4.59. The number of fused-ring (bicyclic) bond motifs is 2. The number of carbonyl (C=O) groups excluding carboxylic acids is 1. The molecule has 1 heterocycles. The van der Waals surface area contributed by atoms with E-state index in [1.54, 1.807) is 11.8 Å². The van der Waals surface area contributed by atoms with Crippen LogP contribution >= 0.6 is 11.8 Å². The van der Waals surface area contributed by atoms with Gasteiger partial charge < -0.3 is 5.32 Å². The lowest BCUT2D eigenvalue weighted by molar-refractivity contribution is 0.0935. The minimum Gasteiger partial charge on any atom is -0.349 e. The third-order valence-corrected chi connectivity index (χ3v) is 7.09. The van der Waals surface area contributed by atoms with Crippen LogP contribution in [0.25, 0.3) is 0 Å². The van der Waals surface area contributed by atoms with Crippen LogP contribution in [0, 0.1) is 13.8 Å². The molecule has 4 rings (SSSR count). The van der Waals surface area contributed by atoms with Gasteiger partial charge >= 0.3 is 0 Å². The number of nitrogens with one attached hydrogen (secondary N) is 1. The molecule has 1 aliphatic rings. The summed E-state index contributed by atoms with van der Waals surface area (Å²) in [7, 11) is 0. The number of hydrogen-bond acceptors (Lipinski definition) is 3. The molecule has 1 N–H and O–H groups in total. The maximum atomic E-state index is 13.0. The fraction of sp³-hybridized carbons (Fsp3) is 0.259. The maximum absolute atomic E-state index is 13.0. The lowest BCUT2D eigenvalue weighted by Crippen LogP contribution is -2.35. The minimum atomic E-state index is -0.0439. The van der Waals surface area contributed by atoms with E-state index in [-0.39, 0.29) is 11.9 Å². The Labute approximate surface area is 189 Å². The lowest BCUT2D eigenvalue weighted by Gasteiger charge is -2.17. The zero-order valence-electron chi connectivity index (χ0n) is 18.5. The quantitative estimate of drug-likeness (QED) is 0.494. The first-order chi connectivity index (χ1) is 15.0. The summed E-state index contributed by atoms with van der Waals surface area (Å²) in [6, 6.07) is 20.6. The topological polar surface area (TPSA) is 41.5 Å². The molecule has 0 aromatic heterocycles. The van der Waals surface area contributed by atoms with Crippen molar-refractivity contribution < 1.29 is 4.79 Å². The molecule has 1 amide bonds. The summed E-state index contributed by atoms with van der Waals surface area (Å²) in [6.45, 7) is 8.44. The predicted molar refractivity (Wildman–Crippen MR) is 130 cm³/mol. The molecular formula is C27H28N2OS. The van der Waals surface area contributed by atoms with Gasteiger partial charge in [-0.1, -0.05) is 61.2 Å². The van der Waals surface area contributed by atoms with Crippen molar-refractivity contribution >= 4 is 29.1 Å². The summed E-state index contributed by atoms with van der Waals surface area (Å²) in [5, 5.41) is 3.21. The highest BCUT2D eigenvalue weighted by atomic mass is 32.2. The summed E-state index contributed by atoms with van der Waals surface area (Å²) in [6.07, 6.45) is 1.71. The lowest BCUT2D eigenvalue weighted by atomic mass is 10.0. The SMILES string of the molecule is CC[C@H](Cc1ccccc1)NC(=O)c1ccc2c(c1)N=C(C)c1c(C)ccc(C)c1S2. The molecule has 1 atom stereocenters. The molecule has 1 aliphatic heterocycles. The second-order valence-corrected chi connectivity index (χ2v) is 9.21. The fourth-order valence-electron chi connectivity index (χ4n) is 4.01. The van der Waals surface area contributed by atoms with Gasteiger partial charge in [-0.2, -0.15) is 0 Å². The van der Waals surface area contributed by atoms with Gasteiger partial charge in [-0.3, -0.25) is 9.79 Å². The normalized spacial score (nSPS) is 13.5. The predicted octanol–water partition coefficient (Wildman–Crippen LogP) is 6.66. The van der Waals surface area contributed by atoms with Gasteiger partial charge in [0.05, 0.1) is 5.69 Å². The van der Waals surface area contributed by atoms with E-state index in [2.05, 4.69) is 57.3 Å². The van der Waals surface area contributed by atoms with Crippen LogP contribution < -0.4 is 5.32 Å². The van der Waals surface area contributed by atoms with Gasteiger partial charge in [-0.15, -0.1) is 0 Å². The van der Waals surface area contributed by atoms with Crippen LogP contribution in [-0.4, -0.2) is 17.7 Å². The summed E-state index contributed by atoms with van der Waals surface area (Å²) >= 11 is 1.74. The Kier molecular flexibility index (Phi) is 6.28. The molecule has 31 heavy (non-hydrogen) atoms. The van der Waals surface area contributed by atoms with E-state index in [0.717, 1.165) is 29.1 Å². The average molecular weight is 429 g/mol. The molecule has 0 aliphatic carbocycles. The standard InChI is InChI=1S/C27H28N2OS/c1-5-22(15-20-9-7-6-8-10-20)29-27(30)21-13-14-24-23(16-21)28-19(4)25-17(2)11-12-18(3)26(25)31-24/h6-14,16,22H,5,15H2,1-4H3,(H,29,30)/t22-/m1/s1. The number of aryl methyl sites for hydroxylation is 2. The van der Waals surface area contributed by atoms with E-state index >= 15 is 0 Å². The van der Waals surface area contributed by atoms with Crippen molar-refractivity contribution in [2.45, 2.75) is 56.4 Å². The van der Waals surface area contributed by atoms with E-state index in [1.165, 1.54) is 27.1 Å². The summed E-state index contributed by atoms with van der Waals surface area (Å²) < 4.78 is 0. The molecule has 4 heteroatoms.